The molecule has 1 aromatic carbocycles. The predicted octanol–water partition coefficient (Wildman–Crippen LogP) is 3.31. The summed E-state index contributed by atoms with van der Waals surface area (Å²) >= 11 is 0. The number of anilines is 1. The molecule has 0 aliphatic heterocycles. The predicted molar refractivity (Wildman–Crippen MR) is 78.3 cm³/mol. The molecule has 1 aromatic heterocycles. The van der Waals surface area contributed by atoms with E-state index >= 15 is 0 Å². The first-order valence-corrected chi connectivity index (χ1v) is 6.44. The summed E-state index contributed by atoms with van der Waals surface area (Å²) < 4.78 is 56.4. The maximum absolute atomic E-state index is 13.4. The van der Waals surface area contributed by atoms with Crippen LogP contribution in [0.2, 0.25) is 0 Å². The van der Waals surface area contributed by atoms with Gasteiger partial charge >= 0.3 is 12.1 Å². The van der Waals surface area contributed by atoms with Gasteiger partial charge in [-0.15, -0.1) is 0 Å². The van der Waals surface area contributed by atoms with E-state index in [1.165, 1.54) is 6.08 Å². The summed E-state index contributed by atoms with van der Waals surface area (Å²) in [4.78, 5) is 19.5. The van der Waals surface area contributed by atoms with Gasteiger partial charge in [-0.25, -0.2) is 19.2 Å². The standard InChI is InChI=1S/C15H11F4N3O2/c1-3-8-11(14(23)24-2)21-13(22-12(8)20)7-4-5-10(16)9(6-7)15(17,18)19/h3-6H,1H2,2H3,(H2,20,21,22). The van der Waals surface area contributed by atoms with Crippen LogP contribution in [0.15, 0.2) is 24.8 Å². The number of nitrogens with zero attached hydrogens (tertiary/aromatic N) is 2. The van der Waals surface area contributed by atoms with E-state index in [0.717, 1.165) is 13.2 Å². The van der Waals surface area contributed by atoms with E-state index in [-0.39, 0.29) is 28.5 Å². The summed E-state index contributed by atoms with van der Waals surface area (Å²) in [5, 5.41) is 0. The number of nitrogen functional groups attached to an aromatic ring is 1. The number of halogens is 4. The largest absolute Gasteiger partial charge is 0.464 e. The first kappa shape index (κ1) is 17.4. The minimum Gasteiger partial charge on any atom is -0.464 e. The Morgan fingerprint density at radius 1 is 1.33 bits per heavy atom. The van der Waals surface area contributed by atoms with Crippen LogP contribution in [0.5, 0.6) is 0 Å². The average Bonchev–Trinajstić information content (AvgIpc) is 2.52. The fourth-order valence-corrected chi connectivity index (χ4v) is 1.95. The van der Waals surface area contributed by atoms with Gasteiger partial charge < -0.3 is 10.5 Å². The van der Waals surface area contributed by atoms with Crippen molar-refractivity contribution in [3.05, 3.63) is 47.4 Å². The topological polar surface area (TPSA) is 78.1 Å². The maximum atomic E-state index is 13.4. The molecule has 0 fully saturated rings. The molecule has 5 nitrogen and oxygen atoms in total. The third-order valence-corrected chi connectivity index (χ3v) is 3.09. The Morgan fingerprint density at radius 2 is 2.00 bits per heavy atom. The number of esters is 1. The Balaban J connectivity index is 2.68. The van der Waals surface area contributed by atoms with Crippen molar-refractivity contribution < 1.29 is 27.1 Å². The van der Waals surface area contributed by atoms with E-state index in [1.54, 1.807) is 0 Å². The van der Waals surface area contributed by atoms with Crippen LogP contribution in [-0.4, -0.2) is 23.0 Å². The SMILES string of the molecule is C=Cc1c(N)nc(-c2ccc(F)c(C(F)(F)F)c2)nc1C(=O)OC. The van der Waals surface area contributed by atoms with Crippen LogP contribution in [0.1, 0.15) is 21.6 Å². The minimum absolute atomic E-state index is 0.0868. The van der Waals surface area contributed by atoms with Crippen LogP contribution in [0.25, 0.3) is 17.5 Å². The van der Waals surface area contributed by atoms with Gasteiger partial charge in [-0.05, 0) is 18.2 Å². The highest BCUT2D eigenvalue weighted by Gasteiger charge is 2.34. The lowest BCUT2D eigenvalue weighted by Gasteiger charge is -2.12. The second-order valence-corrected chi connectivity index (χ2v) is 4.58. The summed E-state index contributed by atoms with van der Waals surface area (Å²) in [6.45, 7) is 3.46. The van der Waals surface area contributed by atoms with Gasteiger partial charge in [0.05, 0.1) is 12.7 Å². The smallest absolute Gasteiger partial charge is 0.419 e. The van der Waals surface area contributed by atoms with Crippen molar-refractivity contribution >= 4 is 17.9 Å². The lowest BCUT2D eigenvalue weighted by molar-refractivity contribution is -0.139. The molecule has 0 saturated carbocycles. The Labute approximate surface area is 133 Å². The molecule has 2 rings (SSSR count). The maximum Gasteiger partial charge on any atom is 0.419 e. The van der Waals surface area contributed by atoms with Crippen molar-refractivity contribution in [3.8, 4) is 11.4 Å². The van der Waals surface area contributed by atoms with Gasteiger partial charge in [-0.1, -0.05) is 12.7 Å². The van der Waals surface area contributed by atoms with E-state index in [2.05, 4.69) is 21.3 Å². The van der Waals surface area contributed by atoms with Crippen LogP contribution in [0.4, 0.5) is 23.4 Å². The molecule has 126 valence electrons. The number of rotatable bonds is 3. The molecule has 0 aliphatic rings. The molecule has 0 atom stereocenters. The molecular weight excluding hydrogens is 330 g/mol. The van der Waals surface area contributed by atoms with Gasteiger partial charge in [0, 0.05) is 11.1 Å². The molecule has 0 aliphatic carbocycles. The minimum atomic E-state index is -4.89. The van der Waals surface area contributed by atoms with Gasteiger partial charge in [0.2, 0.25) is 0 Å². The van der Waals surface area contributed by atoms with Crippen molar-refractivity contribution in [3.63, 3.8) is 0 Å². The normalized spacial score (nSPS) is 11.2. The summed E-state index contributed by atoms with van der Waals surface area (Å²) in [7, 11) is 1.10. The summed E-state index contributed by atoms with van der Waals surface area (Å²) in [6, 6.07) is 2.23. The Bertz CT molecular complexity index is 819. The first-order chi connectivity index (χ1) is 11.2. The summed E-state index contributed by atoms with van der Waals surface area (Å²) in [6.07, 6.45) is -3.67. The highest BCUT2D eigenvalue weighted by molar-refractivity contribution is 5.93. The summed E-state index contributed by atoms with van der Waals surface area (Å²) in [5.41, 5.74) is 3.89. The number of hydrogen-bond acceptors (Lipinski definition) is 5. The van der Waals surface area contributed by atoms with E-state index in [1.807, 2.05) is 0 Å². The highest BCUT2D eigenvalue weighted by Crippen LogP contribution is 2.34. The molecule has 0 bridgehead atoms. The molecule has 1 heterocycles. The number of hydrogen-bond donors (Lipinski definition) is 1. The molecular formula is C15H11F4N3O2. The Kier molecular flexibility index (Phi) is 4.54. The fourth-order valence-electron chi connectivity index (χ4n) is 1.95. The second kappa shape index (κ2) is 6.26. The number of carbonyl (C=O) groups excluding carboxylic acids is 1. The number of alkyl halides is 3. The van der Waals surface area contributed by atoms with Crippen LogP contribution in [-0.2, 0) is 10.9 Å². The quantitative estimate of drug-likeness (QED) is 0.684. The summed E-state index contributed by atoms with van der Waals surface area (Å²) in [5.74, 6) is -2.74. The monoisotopic (exact) mass is 341 g/mol. The average molecular weight is 341 g/mol. The van der Waals surface area contributed by atoms with Crippen LogP contribution < -0.4 is 5.73 Å². The van der Waals surface area contributed by atoms with Crippen molar-refractivity contribution in [1.29, 1.82) is 0 Å². The van der Waals surface area contributed by atoms with Crippen LogP contribution >= 0.6 is 0 Å². The van der Waals surface area contributed by atoms with E-state index in [4.69, 9.17) is 5.73 Å². The number of aromatic nitrogens is 2. The molecule has 24 heavy (non-hydrogen) atoms. The number of methoxy groups -OCH3 is 1. The lowest BCUT2D eigenvalue weighted by Crippen LogP contribution is -2.12. The van der Waals surface area contributed by atoms with Gasteiger partial charge in [-0.2, -0.15) is 13.2 Å². The second-order valence-electron chi connectivity index (χ2n) is 4.58. The van der Waals surface area contributed by atoms with Crippen molar-refractivity contribution in [2.45, 2.75) is 6.18 Å². The third kappa shape index (κ3) is 3.19. The van der Waals surface area contributed by atoms with Gasteiger partial charge in [-0.3, -0.25) is 0 Å². The molecule has 9 heteroatoms. The number of nitrogens with two attached hydrogens (primary N) is 1. The Hall–Kier alpha value is -2.97. The molecule has 2 N–H and O–H groups in total. The number of carbonyl (C=O) groups is 1. The van der Waals surface area contributed by atoms with E-state index < -0.39 is 23.5 Å². The Morgan fingerprint density at radius 3 is 2.54 bits per heavy atom. The molecule has 0 saturated heterocycles. The van der Waals surface area contributed by atoms with Crippen LogP contribution in [0.3, 0.4) is 0 Å². The molecule has 2 aromatic rings. The third-order valence-electron chi connectivity index (χ3n) is 3.09. The first-order valence-electron chi connectivity index (χ1n) is 6.44. The van der Waals surface area contributed by atoms with E-state index in [0.29, 0.717) is 12.1 Å². The highest BCUT2D eigenvalue weighted by atomic mass is 19.4. The number of ether oxygens (including phenoxy) is 1. The van der Waals surface area contributed by atoms with Gasteiger partial charge in [0.25, 0.3) is 0 Å². The molecule has 0 amide bonds. The van der Waals surface area contributed by atoms with Gasteiger partial charge in [0.1, 0.15) is 11.6 Å². The fraction of sp³-hybridized carbons (Fsp3) is 0.133. The molecule has 0 unspecified atom stereocenters. The van der Waals surface area contributed by atoms with Crippen LogP contribution in [0, 0.1) is 5.82 Å². The van der Waals surface area contributed by atoms with Gasteiger partial charge in [0.15, 0.2) is 11.5 Å². The number of benzene rings is 1. The van der Waals surface area contributed by atoms with Crippen molar-refractivity contribution in [2.24, 2.45) is 0 Å². The van der Waals surface area contributed by atoms with Crippen molar-refractivity contribution in [1.82, 2.24) is 9.97 Å². The zero-order chi connectivity index (χ0) is 18.1. The molecule has 0 radical (unpaired) electrons. The zero-order valence-corrected chi connectivity index (χ0v) is 12.3. The zero-order valence-electron chi connectivity index (χ0n) is 12.3. The van der Waals surface area contributed by atoms with E-state index in [9.17, 15) is 22.4 Å². The van der Waals surface area contributed by atoms with Crippen molar-refractivity contribution in [2.75, 3.05) is 12.8 Å². The molecule has 0 spiro atoms. The lowest BCUT2D eigenvalue weighted by atomic mass is 10.1.